The largest absolute Gasteiger partial charge is 0.393 e. The fourth-order valence-corrected chi connectivity index (χ4v) is 2.51. The van der Waals surface area contributed by atoms with E-state index in [1.165, 1.54) is 0 Å². The average Bonchev–Trinajstić information content (AvgIpc) is 2.64. The molecule has 0 amide bonds. The van der Waals surface area contributed by atoms with Crippen molar-refractivity contribution in [3.63, 3.8) is 0 Å². The minimum absolute atomic E-state index is 0.111. The quantitative estimate of drug-likeness (QED) is 0.806. The molecular weight excluding hydrogens is 220 g/mol. The highest BCUT2D eigenvalue weighted by atomic mass is 32.1. The third-order valence-electron chi connectivity index (χ3n) is 2.56. The molecule has 0 fully saturated rings. The van der Waals surface area contributed by atoms with Crippen LogP contribution >= 0.6 is 11.3 Å². The molecule has 0 aromatic carbocycles. The van der Waals surface area contributed by atoms with E-state index in [0.717, 1.165) is 18.0 Å². The summed E-state index contributed by atoms with van der Waals surface area (Å²) in [5.74, 6) is 0. The van der Waals surface area contributed by atoms with Gasteiger partial charge in [0.1, 0.15) is 5.01 Å². The van der Waals surface area contributed by atoms with E-state index in [9.17, 15) is 5.11 Å². The highest BCUT2D eigenvalue weighted by molar-refractivity contribution is 7.09. The van der Waals surface area contributed by atoms with E-state index in [0.29, 0.717) is 0 Å². The average molecular weight is 242 g/mol. The van der Waals surface area contributed by atoms with E-state index in [-0.39, 0.29) is 17.6 Å². The van der Waals surface area contributed by atoms with E-state index in [1.807, 2.05) is 18.5 Å². The molecule has 2 atom stereocenters. The van der Waals surface area contributed by atoms with E-state index in [2.05, 4.69) is 31.1 Å². The topological polar surface area (TPSA) is 45.1 Å². The highest BCUT2D eigenvalue weighted by Gasteiger charge is 2.21. The van der Waals surface area contributed by atoms with Gasteiger partial charge in [-0.05, 0) is 25.7 Å². The number of nitrogens with zero attached hydrogens (tertiary/aromatic N) is 1. The van der Waals surface area contributed by atoms with Gasteiger partial charge in [-0.2, -0.15) is 0 Å². The van der Waals surface area contributed by atoms with Gasteiger partial charge in [0.25, 0.3) is 0 Å². The van der Waals surface area contributed by atoms with Crippen LogP contribution in [0.4, 0.5) is 0 Å². The second kappa shape index (κ2) is 5.75. The third-order valence-corrected chi connectivity index (χ3v) is 3.51. The summed E-state index contributed by atoms with van der Waals surface area (Å²) in [5, 5.41) is 16.0. The van der Waals surface area contributed by atoms with Gasteiger partial charge in [-0.1, -0.05) is 13.8 Å². The molecule has 0 bridgehead atoms. The van der Waals surface area contributed by atoms with Gasteiger partial charge in [-0.3, -0.25) is 0 Å². The third kappa shape index (κ3) is 4.60. The molecule has 1 aromatic rings. The number of aliphatic hydroxyl groups is 1. The maximum atomic E-state index is 9.40. The van der Waals surface area contributed by atoms with Crippen molar-refractivity contribution in [1.29, 1.82) is 0 Å². The first-order valence-electron chi connectivity index (χ1n) is 5.71. The lowest BCUT2D eigenvalue weighted by molar-refractivity contribution is 0.127. The highest BCUT2D eigenvalue weighted by Crippen LogP contribution is 2.23. The lowest BCUT2D eigenvalue weighted by atomic mass is 9.87. The Bertz CT molecular complexity index is 296. The number of thiazole rings is 1. The summed E-state index contributed by atoms with van der Waals surface area (Å²) < 4.78 is 0. The minimum Gasteiger partial charge on any atom is -0.393 e. The summed E-state index contributed by atoms with van der Waals surface area (Å²) in [6.45, 7) is 9.19. The molecule has 0 saturated carbocycles. The summed E-state index contributed by atoms with van der Waals surface area (Å²) in [6.07, 6.45) is 2.40. The second-order valence-electron chi connectivity index (χ2n) is 5.19. The fraction of sp³-hybridized carbons (Fsp3) is 0.750. The lowest BCUT2D eigenvalue weighted by Gasteiger charge is -2.28. The molecule has 0 radical (unpaired) electrons. The molecular formula is C12H22N2OS. The Kier molecular flexibility index (Phi) is 4.89. The summed E-state index contributed by atoms with van der Waals surface area (Å²) in [5.41, 5.74) is 0.111. The SMILES string of the molecule is CC(O)CC(C)(C)CNC(C)c1nccs1. The predicted molar refractivity (Wildman–Crippen MR) is 68.6 cm³/mol. The standard InChI is InChI=1S/C12H22N2OS/c1-9(15)7-12(3,4)8-14-10(2)11-13-5-6-16-11/h5-6,9-10,14-15H,7-8H2,1-4H3. The molecule has 4 heteroatoms. The van der Waals surface area contributed by atoms with E-state index in [4.69, 9.17) is 0 Å². The van der Waals surface area contributed by atoms with Gasteiger partial charge in [-0.15, -0.1) is 11.3 Å². The summed E-state index contributed by atoms with van der Waals surface area (Å²) in [7, 11) is 0. The fourth-order valence-electron chi connectivity index (χ4n) is 1.84. The van der Waals surface area contributed by atoms with Crippen molar-refractivity contribution in [1.82, 2.24) is 10.3 Å². The second-order valence-corrected chi connectivity index (χ2v) is 6.12. The molecule has 0 aliphatic heterocycles. The molecule has 2 N–H and O–H groups in total. The van der Waals surface area contributed by atoms with Crippen LogP contribution in [0.1, 0.15) is 45.2 Å². The Morgan fingerprint density at radius 2 is 2.19 bits per heavy atom. The number of aromatic nitrogens is 1. The Labute approximate surface area is 102 Å². The zero-order chi connectivity index (χ0) is 12.2. The van der Waals surface area contributed by atoms with Crippen molar-refractivity contribution in [2.24, 2.45) is 5.41 Å². The molecule has 0 aliphatic rings. The molecule has 3 nitrogen and oxygen atoms in total. The first-order chi connectivity index (χ1) is 7.41. The van der Waals surface area contributed by atoms with Crippen molar-refractivity contribution >= 4 is 11.3 Å². The van der Waals surface area contributed by atoms with Crippen LogP contribution in [0.15, 0.2) is 11.6 Å². The first-order valence-corrected chi connectivity index (χ1v) is 6.59. The van der Waals surface area contributed by atoms with Crippen LogP contribution in [0.3, 0.4) is 0 Å². The van der Waals surface area contributed by atoms with Gasteiger partial charge >= 0.3 is 0 Å². The maximum Gasteiger partial charge on any atom is 0.109 e. The van der Waals surface area contributed by atoms with Crippen LogP contribution in [0.5, 0.6) is 0 Å². The Morgan fingerprint density at radius 3 is 2.69 bits per heavy atom. The normalized spacial score (nSPS) is 16.1. The zero-order valence-corrected chi connectivity index (χ0v) is 11.3. The monoisotopic (exact) mass is 242 g/mol. The van der Waals surface area contributed by atoms with E-state index >= 15 is 0 Å². The van der Waals surface area contributed by atoms with E-state index < -0.39 is 0 Å². The number of hydrogen-bond acceptors (Lipinski definition) is 4. The maximum absolute atomic E-state index is 9.40. The number of aliphatic hydroxyl groups excluding tert-OH is 1. The van der Waals surface area contributed by atoms with Crippen LogP contribution in [-0.4, -0.2) is 22.7 Å². The van der Waals surface area contributed by atoms with Gasteiger partial charge < -0.3 is 10.4 Å². The lowest BCUT2D eigenvalue weighted by Crippen LogP contribution is -2.33. The summed E-state index contributed by atoms with van der Waals surface area (Å²) >= 11 is 1.67. The molecule has 0 saturated heterocycles. The summed E-state index contributed by atoms with van der Waals surface area (Å²) in [6, 6.07) is 0.285. The Balaban J connectivity index is 2.39. The molecule has 2 unspecified atom stereocenters. The number of hydrogen-bond donors (Lipinski definition) is 2. The van der Waals surface area contributed by atoms with Crippen molar-refractivity contribution < 1.29 is 5.11 Å². The molecule has 1 aromatic heterocycles. The molecule has 1 rings (SSSR count). The molecule has 0 spiro atoms. The van der Waals surface area contributed by atoms with Crippen LogP contribution < -0.4 is 5.32 Å². The molecule has 92 valence electrons. The van der Waals surface area contributed by atoms with Gasteiger partial charge in [0.2, 0.25) is 0 Å². The first kappa shape index (κ1) is 13.6. The van der Waals surface area contributed by atoms with Crippen molar-refractivity contribution in [3.05, 3.63) is 16.6 Å². The minimum atomic E-state index is -0.244. The van der Waals surface area contributed by atoms with E-state index in [1.54, 1.807) is 11.3 Å². The Morgan fingerprint density at radius 1 is 1.50 bits per heavy atom. The predicted octanol–water partition coefficient (Wildman–Crippen LogP) is 2.59. The van der Waals surface area contributed by atoms with Gasteiger partial charge in [0, 0.05) is 18.1 Å². The van der Waals surface area contributed by atoms with Crippen molar-refractivity contribution in [2.45, 2.75) is 46.3 Å². The van der Waals surface area contributed by atoms with Crippen LogP contribution in [0.2, 0.25) is 0 Å². The van der Waals surface area contributed by atoms with Gasteiger partial charge in [0.15, 0.2) is 0 Å². The van der Waals surface area contributed by atoms with Crippen LogP contribution in [0, 0.1) is 5.41 Å². The Hall–Kier alpha value is -0.450. The van der Waals surface area contributed by atoms with Crippen molar-refractivity contribution in [2.75, 3.05) is 6.54 Å². The summed E-state index contributed by atoms with van der Waals surface area (Å²) in [4.78, 5) is 4.28. The molecule has 16 heavy (non-hydrogen) atoms. The molecule has 1 heterocycles. The van der Waals surface area contributed by atoms with Crippen LogP contribution in [0.25, 0.3) is 0 Å². The molecule has 0 aliphatic carbocycles. The number of nitrogens with one attached hydrogen (secondary N) is 1. The van der Waals surface area contributed by atoms with Gasteiger partial charge in [-0.25, -0.2) is 4.98 Å². The van der Waals surface area contributed by atoms with Crippen LogP contribution in [-0.2, 0) is 0 Å². The smallest absolute Gasteiger partial charge is 0.109 e. The van der Waals surface area contributed by atoms with Crippen molar-refractivity contribution in [3.8, 4) is 0 Å². The van der Waals surface area contributed by atoms with Gasteiger partial charge in [0.05, 0.1) is 12.1 Å². The zero-order valence-electron chi connectivity index (χ0n) is 10.5. The number of rotatable bonds is 6.